The topological polar surface area (TPSA) is 122 Å². The molecule has 0 fully saturated rings. The Balaban J connectivity index is 1.92. The van der Waals surface area contributed by atoms with Gasteiger partial charge in [0.2, 0.25) is 0 Å². The summed E-state index contributed by atoms with van der Waals surface area (Å²) in [6, 6.07) is 10.0. The fraction of sp³-hybridized carbons (Fsp3) is 0.333. The molecule has 1 amide bonds. The van der Waals surface area contributed by atoms with Crippen LogP contribution < -0.4 is 10.6 Å². The molecule has 0 aliphatic carbocycles. The number of amides is 1. The number of anilines is 1. The fourth-order valence-corrected chi connectivity index (χ4v) is 3.64. The smallest absolute Gasteiger partial charge is 0.325 e. The van der Waals surface area contributed by atoms with Gasteiger partial charge < -0.3 is 20.5 Å². The number of carbonyl (C=O) groups excluding carboxylic acids is 2. The summed E-state index contributed by atoms with van der Waals surface area (Å²) in [5.74, 6) is -1.23. The molecule has 174 valence electrons. The molecule has 2 aromatic heterocycles. The van der Waals surface area contributed by atoms with Crippen molar-refractivity contribution >= 4 is 29.3 Å². The van der Waals surface area contributed by atoms with Crippen molar-refractivity contribution in [2.75, 3.05) is 18.5 Å². The van der Waals surface area contributed by atoms with Crippen LogP contribution in [0.4, 0.5) is 5.82 Å². The number of aliphatic carboxylic acids is 1. The van der Waals surface area contributed by atoms with Crippen LogP contribution in [0.3, 0.4) is 0 Å². The molecule has 9 heteroatoms. The molecule has 0 saturated carbocycles. The molecule has 2 heterocycles. The van der Waals surface area contributed by atoms with Crippen molar-refractivity contribution in [2.45, 2.75) is 39.7 Å². The Labute approximate surface area is 191 Å². The van der Waals surface area contributed by atoms with E-state index >= 15 is 0 Å². The molecule has 0 spiro atoms. The number of benzene rings is 1. The predicted molar refractivity (Wildman–Crippen MR) is 123 cm³/mol. The van der Waals surface area contributed by atoms with Gasteiger partial charge in [0, 0.05) is 6.20 Å². The van der Waals surface area contributed by atoms with Gasteiger partial charge in [-0.3, -0.25) is 18.8 Å². The summed E-state index contributed by atoms with van der Waals surface area (Å²) in [6.07, 6.45) is 2.08. The number of nitrogens with one attached hydrogen (secondary N) is 2. The van der Waals surface area contributed by atoms with Crippen LogP contribution in [0.15, 0.2) is 42.6 Å². The molecule has 0 aliphatic rings. The third-order valence-corrected chi connectivity index (χ3v) is 5.14. The largest absolute Gasteiger partial charge is 0.481 e. The molecule has 0 bridgehead atoms. The molecular formula is C24H28N4O5. The van der Waals surface area contributed by atoms with Crippen molar-refractivity contribution in [3.63, 3.8) is 0 Å². The van der Waals surface area contributed by atoms with Crippen molar-refractivity contribution in [1.82, 2.24) is 14.7 Å². The summed E-state index contributed by atoms with van der Waals surface area (Å²) < 4.78 is 6.68. The summed E-state index contributed by atoms with van der Waals surface area (Å²) in [5, 5.41) is 15.3. The summed E-state index contributed by atoms with van der Waals surface area (Å²) in [5.41, 5.74) is 3.10. The van der Waals surface area contributed by atoms with E-state index in [1.165, 1.54) is 0 Å². The van der Waals surface area contributed by atoms with Crippen molar-refractivity contribution in [1.29, 1.82) is 0 Å². The normalized spacial score (nSPS) is 11.7. The molecule has 0 saturated heterocycles. The highest BCUT2D eigenvalue weighted by Crippen LogP contribution is 2.23. The number of carboxylic acid groups (broad SMARTS) is 1. The molecular weight excluding hydrogens is 424 g/mol. The van der Waals surface area contributed by atoms with Gasteiger partial charge in [-0.05, 0) is 38.0 Å². The highest BCUT2D eigenvalue weighted by atomic mass is 16.5. The van der Waals surface area contributed by atoms with Gasteiger partial charge in [0.05, 0.1) is 30.3 Å². The second-order valence-electron chi connectivity index (χ2n) is 7.57. The number of imidazole rings is 1. The Hall–Kier alpha value is -3.88. The lowest BCUT2D eigenvalue weighted by Gasteiger charge is -2.18. The SMILES string of the molecule is CCOC(=O)CNc1c(CC)nc2c(C(=O)NC(CC(=O)O)c3cccc(C)c3)cccn12. The minimum atomic E-state index is -1.01. The second-order valence-corrected chi connectivity index (χ2v) is 7.57. The van der Waals surface area contributed by atoms with Gasteiger partial charge in [0.25, 0.3) is 5.91 Å². The van der Waals surface area contributed by atoms with Crippen LogP contribution in [0.5, 0.6) is 0 Å². The minimum absolute atomic E-state index is 0.0287. The van der Waals surface area contributed by atoms with E-state index in [0.717, 1.165) is 5.56 Å². The van der Waals surface area contributed by atoms with Crippen LogP contribution in [0.1, 0.15) is 53.5 Å². The number of nitrogens with zero attached hydrogens (tertiary/aromatic N) is 2. The number of aromatic nitrogens is 2. The maximum Gasteiger partial charge on any atom is 0.325 e. The first-order valence-electron chi connectivity index (χ1n) is 10.8. The number of hydrogen-bond acceptors (Lipinski definition) is 6. The molecule has 1 atom stereocenters. The van der Waals surface area contributed by atoms with Crippen LogP contribution in [0.25, 0.3) is 5.65 Å². The van der Waals surface area contributed by atoms with Gasteiger partial charge >= 0.3 is 11.9 Å². The van der Waals surface area contributed by atoms with E-state index in [1.54, 1.807) is 35.7 Å². The van der Waals surface area contributed by atoms with Gasteiger partial charge in [-0.25, -0.2) is 4.98 Å². The first-order chi connectivity index (χ1) is 15.8. The van der Waals surface area contributed by atoms with E-state index in [-0.39, 0.29) is 19.6 Å². The van der Waals surface area contributed by atoms with Crippen molar-refractivity contribution in [3.05, 3.63) is 65.0 Å². The quantitative estimate of drug-likeness (QED) is 0.404. The molecule has 3 N–H and O–H groups in total. The Morgan fingerprint density at radius 1 is 1.18 bits per heavy atom. The van der Waals surface area contributed by atoms with Crippen molar-refractivity contribution < 1.29 is 24.2 Å². The molecule has 0 aliphatic heterocycles. The van der Waals surface area contributed by atoms with Crippen LogP contribution in [0, 0.1) is 6.92 Å². The number of pyridine rings is 1. The number of rotatable bonds is 10. The van der Waals surface area contributed by atoms with Crippen LogP contribution in [0.2, 0.25) is 0 Å². The maximum absolute atomic E-state index is 13.2. The first kappa shape index (κ1) is 23.8. The van der Waals surface area contributed by atoms with Gasteiger partial charge in [0.15, 0.2) is 5.65 Å². The number of hydrogen-bond donors (Lipinski definition) is 3. The standard InChI is InChI=1S/C24H28N4O5/c1-4-18-23(25-14-21(31)33-5-2)28-11-7-10-17(22(28)26-18)24(32)27-19(13-20(29)30)16-9-6-8-15(3)12-16/h6-12,19,25H,4-5,13-14H2,1-3H3,(H,27,32)(H,29,30). The number of esters is 1. The Bertz CT molecular complexity index is 1170. The third-order valence-electron chi connectivity index (χ3n) is 5.14. The monoisotopic (exact) mass is 452 g/mol. The first-order valence-corrected chi connectivity index (χ1v) is 10.8. The Kier molecular flexibility index (Phi) is 7.66. The summed E-state index contributed by atoms with van der Waals surface area (Å²) >= 11 is 0. The molecule has 33 heavy (non-hydrogen) atoms. The second kappa shape index (κ2) is 10.6. The lowest BCUT2D eigenvalue weighted by atomic mass is 10.0. The number of carboxylic acids is 1. The van der Waals surface area contributed by atoms with Gasteiger partial charge in [-0.1, -0.05) is 36.8 Å². The highest BCUT2D eigenvalue weighted by molar-refractivity contribution is 6.00. The van der Waals surface area contributed by atoms with Gasteiger partial charge in [-0.15, -0.1) is 0 Å². The molecule has 1 unspecified atom stereocenters. The lowest BCUT2D eigenvalue weighted by Crippen LogP contribution is -2.30. The average Bonchev–Trinajstić information content (AvgIpc) is 3.14. The minimum Gasteiger partial charge on any atom is -0.481 e. The third kappa shape index (κ3) is 5.68. The average molecular weight is 453 g/mol. The molecule has 3 aromatic rings. The molecule has 9 nitrogen and oxygen atoms in total. The predicted octanol–water partition coefficient (Wildman–Crippen LogP) is 3.13. The van der Waals surface area contributed by atoms with Crippen LogP contribution >= 0.6 is 0 Å². The van der Waals surface area contributed by atoms with E-state index in [0.29, 0.717) is 34.7 Å². The van der Waals surface area contributed by atoms with Crippen LogP contribution in [-0.4, -0.2) is 45.5 Å². The van der Waals surface area contributed by atoms with E-state index in [4.69, 9.17) is 4.74 Å². The Morgan fingerprint density at radius 3 is 2.64 bits per heavy atom. The number of ether oxygens (including phenoxy) is 1. The number of aryl methyl sites for hydroxylation is 2. The molecule has 3 rings (SSSR count). The maximum atomic E-state index is 13.2. The summed E-state index contributed by atoms with van der Waals surface area (Å²) in [7, 11) is 0. The van der Waals surface area contributed by atoms with E-state index in [9.17, 15) is 19.5 Å². The van der Waals surface area contributed by atoms with Crippen LogP contribution in [-0.2, 0) is 20.7 Å². The van der Waals surface area contributed by atoms with E-state index in [1.807, 2.05) is 32.0 Å². The van der Waals surface area contributed by atoms with Gasteiger partial charge in [-0.2, -0.15) is 0 Å². The van der Waals surface area contributed by atoms with Crippen molar-refractivity contribution in [2.24, 2.45) is 0 Å². The van der Waals surface area contributed by atoms with Crippen molar-refractivity contribution in [3.8, 4) is 0 Å². The zero-order valence-electron chi connectivity index (χ0n) is 18.9. The zero-order valence-corrected chi connectivity index (χ0v) is 18.9. The summed E-state index contributed by atoms with van der Waals surface area (Å²) in [6.45, 7) is 5.84. The number of carbonyl (C=O) groups is 3. The zero-order chi connectivity index (χ0) is 24.0. The molecule has 0 radical (unpaired) electrons. The molecule has 1 aromatic carbocycles. The Morgan fingerprint density at radius 2 is 1.97 bits per heavy atom. The van der Waals surface area contributed by atoms with E-state index < -0.39 is 23.9 Å². The van der Waals surface area contributed by atoms with E-state index in [2.05, 4.69) is 15.6 Å². The van der Waals surface area contributed by atoms with Gasteiger partial charge in [0.1, 0.15) is 12.4 Å². The fourth-order valence-electron chi connectivity index (χ4n) is 3.64. The lowest BCUT2D eigenvalue weighted by molar-refractivity contribution is -0.141. The number of fused-ring (bicyclic) bond motifs is 1. The highest BCUT2D eigenvalue weighted by Gasteiger charge is 2.22. The summed E-state index contributed by atoms with van der Waals surface area (Å²) in [4.78, 5) is 41.1.